The molecule has 1 aliphatic carbocycles. The molecule has 3 aromatic rings. The Kier molecular flexibility index (Phi) is 3.58. The van der Waals surface area contributed by atoms with Gasteiger partial charge in [0.05, 0.1) is 18.5 Å². The zero-order valence-electron chi connectivity index (χ0n) is 14.6. The summed E-state index contributed by atoms with van der Waals surface area (Å²) in [6.45, 7) is 3.43. The van der Waals surface area contributed by atoms with Crippen molar-refractivity contribution in [1.29, 1.82) is 0 Å². The molecule has 0 amide bonds. The first-order valence-corrected chi connectivity index (χ1v) is 8.90. The molecule has 0 unspecified atom stereocenters. The molecule has 2 aliphatic rings. The van der Waals surface area contributed by atoms with Gasteiger partial charge in [-0.1, -0.05) is 0 Å². The smallest absolute Gasteiger partial charge is 0.228 e. The number of fused-ring (bicyclic) bond motifs is 1. The van der Waals surface area contributed by atoms with E-state index in [4.69, 9.17) is 4.74 Å². The Balaban J connectivity index is 1.38. The van der Waals surface area contributed by atoms with Gasteiger partial charge in [-0.25, -0.2) is 4.98 Å². The highest BCUT2D eigenvalue weighted by molar-refractivity contribution is 5.69. The topological polar surface area (TPSA) is 84.6 Å². The van der Waals surface area contributed by atoms with Gasteiger partial charge in [0.2, 0.25) is 17.5 Å². The molecule has 3 aromatic heterocycles. The third kappa shape index (κ3) is 2.69. The highest BCUT2D eigenvalue weighted by atomic mass is 16.5. The summed E-state index contributed by atoms with van der Waals surface area (Å²) in [6, 6.07) is 3.96. The van der Waals surface area contributed by atoms with Crippen molar-refractivity contribution in [3.8, 4) is 5.88 Å². The molecule has 5 rings (SSSR count). The second-order valence-electron chi connectivity index (χ2n) is 6.70. The minimum absolute atomic E-state index is 0.589. The summed E-state index contributed by atoms with van der Waals surface area (Å²) < 4.78 is 7.01. The van der Waals surface area contributed by atoms with Crippen molar-refractivity contribution in [3.63, 3.8) is 0 Å². The summed E-state index contributed by atoms with van der Waals surface area (Å²) in [7, 11) is 1.62. The lowest BCUT2D eigenvalue weighted by molar-refractivity contribution is 0.396. The Bertz CT molecular complexity index is 929. The number of nitrogens with zero attached hydrogens (tertiary/aromatic N) is 8. The third-order valence-electron chi connectivity index (χ3n) is 4.99. The number of hydrogen-bond donors (Lipinski definition) is 0. The highest BCUT2D eigenvalue weighted by Crippen LogP contribution is 2.40. The van der Waals surface area contributed by atoms with Crippen LogP contribution in [-0.4, -0.2) is 63.1 Å². The van der Waals surface area contributed by atoms with Crippen LogP contribution in [0.2, 0.25) is 0 Å². The summed E-state index contributed by atoms with van der Waals surface area (Å²) in [5, 5.41) is 13.0. The predicted octanol–water partition coefficient (Wildman–Crippen LogP) is 1.13. The minimum atomic E-state index is 0.589. The summed E-state index contributed by atoms with van der Waals surface area (Å²) in [4.78, 5) is 13.4. The molecule has 26 heavy (non-hydrogen) atoms. The van der Waals surface area contributed by atoms with Crippen molar-refractivity contribution in [2.75, 3.05) is 43.1 Å². The maximum atomic E-state index is 5.20. The van der Waals surface area contributed by atoms with Gasteiger partial charge < -0.3 is 14.5 Å². The van der Waals surface area contributed by atoms with Gasteiger partial charge in [0, 0.05) is 44.4 Å². The Morgan fingerprint density at radius 3 is 2.69 bits per heavy atom. The van der Waals surface area contributed by atoms with Crippen LogP contribution in [0.3, 0.4) is 0 Å². The van der Waals surface area contributed by atoms with Crippen LogP contribution in [0.1, 0.15) is 24.5 Å². The molecule has 0 atom stereocenters. The highest BCUT2D eigenvalue weighted by Gasteiger charge is 2.28. The summed E-state index contributed by atoms with van der Waals surface area (Å²) >= 11 is 0. The van der Waals surface area contributed by atoms with Crippen molar-refractivity contribution in [3.05, 3.63) is 30.4 Å². The zero-order chi connectivity index (χ0) is 17.5. The standard InChI is InChI=1S/C17H20N8O/c1-26-15-4-5-18-17(20-15)24-8-6-23(7-9-24)14-10-13(12-2-3-12)22-25-11-19-21-16(14)25/h4-5,10-12H,2-3,6-9H2,1H3. The maximum absolute atomic E-state index is 5.20. The molecule has 9 heteroatoms. The molecule has 1 aliphatic heterocycles. The van der Waals surface area contributed by atoms with Crippen LogP contribution >= 0.6 is 0 Å². The number of rotatable bonds is 4. The van der Waals surface area contributed by atoms with Crippen LogP contribution in [0.15, 0.2) is 24.7 Å². The molecule has 1 saturated heterocycles. The number of methoxy groups -OCH3 is 1. The second kappa shape index (κ2) is 6.08. The molecule has 0 aromatic carbocycles. The first-order valence-electron chi connectivity index (χ1n) is 8.90. The summed E-state index contributed by atoms with van der Waals surface area (Å²) in [5.41, 5.74) is 3.08. The van der Waals surface area contributed by atoms with E-state index in [1.807, 2.05) is 0 Å². The lowest BCUT2D eigenvalue weighted by Gasteiger charge is -2.36. The van der Waals surface area contributed by atoms with Gasteiger partial charge in [0.25, 0.3) is 0 Å². The lowest BCUT2D eigenvalue weighted by atomic mass is 10.2. The van der Waals surface area contributed by atoms with Gasteiger partial charge in [0.15, 0.2) is 0 Å². The van der Waals surface area contributed by atoms with E-state index in [1.54, 1.807) is 30.2 Å². The van der Waals surface area contributed by atoms with Gasteiger partial charge in [-0.2, -0.15) is 14.6 Å². The largest absolute Gasteiger partial charge is 0.481 e. The number of hydrogen-bond acceptors (Lipinski definition) is 8. The number of piperazine rings is 1. The van der Waals surface area contributed by atoms with Crippen LogP contribution in [0.4, 0.5) is 11.6 Å². The summed E-state index contributed by atoms with van der Waals surface area (Å²) in [6.07, 6.45) is 5.87. The van der Waals surface area contributed by atoms with Crippen molar-refractivity contribution >= 4 is 17.3 Å². The average molecular weight is 352 g/mol. The molecular formula is C17H20N8O. The number of aromatic nitrogens is 6. The molecule has 134 valence electrons. The van der Waals surface area contributed by atoms with Crippen LogP contribution < -0.4 is 14.5 Å². The fourth-order valence-corrected chi connectivity index (χ4v) is 3.39. The molecule has 0 radical (unpaired) electrons. The van der Waals surface area contributed by atoms with Crippen molar-refractivity contribution in [2.45, 2.75) is 18.8 Å². The van der Waals surface area contributed by atoms with Crippen LogP contribution in [0.5, 0.6) is 5.88 Å². The molecule has 0 bridgehead atoms. The van der Waals surface area contributed by atoms with E-state index in [-0.39, 0.29) is 0 Å². The zero-order valence-corrected chi connectivity index (χ0v) is 14.6. The maximum Gasteiger partial charge on any atom is 0.228 e. The number of anilines is 2. The Morgan fingerprint density at radius 1 is 1.12 bits per heavy atom. The first kappa shape index (κ1) is 15.3. The van der Waals surface area contributed by atoms with Crippen molar-refractivity contribution in [2.24, 2.45) is 0 Å². The number of ether oxygens (including phenoxy) is 1. The molecule has 2 fully saturated rings. The van der Waals surface area contributed by atoms with E-state index in [0.717, 1.165) is 43.2 Å². The quantitative estimate of drug-likeness (QED) is 0.691. The lowest BCUT2D eigenvalue weighted by Crippen LogP contribution is -2.47. The van der Waals surface area contributed by atoms with Crippen molar-refractivity contribution in [1.82, 2.24) is 29.8 Å². The molecule has 4 heterocycles. The second-order valence-corrected chi connectivity index (χ2v) is 6.70. The Morgan fingerprint density at radius 2 is 1.92 bits per heavy atom. The Labute approximate surface area is 150 Å². The van der Waals surface area contributed by atoms with Gasteiger partial charge in [-0.15, -0.1) is 10.2 Å². The van der Waals surface area contributed by atoms with E-state index in [0.29, 0.717) is 17.7 Å². The van der Waals surface area contributed by atoms with E-state index in [9.17, 15) is 0 Å². The van der Waals surface area contributed by atoms with E-state index >= 15 is 0 Å². The normalized spacial score (nSPS) is 17.7. The van der Waals surface area contributed by atoms with Gasteiger partial charge in [0.1, 0.15) is 6.33 Å². The van der Waals surface area contributed by atoms with Crippen LogP contribution in [-0.2, 0) is 0 Å². The Hall–Kier alpha value is -2.97. The van der Waals surface area contributed by atoms with Gasteiger partial charge >= 0.3 is 0 Å². The molecule has 0 N–H and O–H groups in total. The predicted molar refractivity (Wildman–Crippen MR) is 95.8 cm³/mol. The van der Waals surface area contributed by atoms with Crippen LogP contribution in [0.25, 0.3) is 5.65 Å². The van der Waals surface area contributed by atoms with Gasteiger partial charge in [-0.05, 0) is 18.9 Å². The average Bonchev–Trinajstić information content (AvgIpc) is 3.45. The third-order valence-corrected chi connectivity index (χ3v) is 4.99. The minimum Gasteiger partial charge on any atom is -0.481 e. The van der Waals surface area contributed by atoms with E-state index in [1.165, 1.54) is 12.8 Å². The monoisotopic (exact) mass is 352 g/mol. The first-order chi connectivity index (χ1) is 12.8. The SMILES string of the molecule is COc1ccnc(N2CCN(c3cc(C4CC4)nn4cnnc34)CC2)n1. The fourth-order valence-electron chi connectivity index (χ4n) is 3.39. The molecular weight excluding hydrogens is 332 g/mol. The van der Waals surface area contributed by atoms with Gasteiger partial charge in [-0.3, -0.25) is 0 Å². The molecule has 0 spiro atoms. The van der Waals surface area contributed by atoms with Crippen molar-refractivity contribution < 1.29 is 4.74 Å². The fraction of sp³-hybridized carbons (Fsp3) is 0.471. The molecule has 9 nitrogen and oxygen atoms in total. The summed E-state index contributed by atoms with van der Waals surface area (Å²) in [5.74, 6) is 1.89. The van der Waals surface area contributed by atoms with E-state index in [2.05, 4.69) is 41.1 Å². The van der Waals surface area contributed by atoms with E-state index < -0.39 is 0 Å². The molecule has 1 saturated carbocycles. The van der Waals surface area contributed by atoms with Crippen LogP contribution in [0, 0.1) is 0 Å².